The van der Waals surface area contributed by atoms with Crippen molar-refractivity contribution in [3.05, 3.63) is 64.7 Å². The van der Waals surface area contributed by atoms with E-state index < -0.39 is 0 Å². The van der Waals surface area contributed by atoms with E-state index >= 15 is 0 Å². The third-order valence-corrected chi connectivity index (χ3v) is 4.58. The second-order valence-corrected chi connectivity index (χ2v) is 6.55. The van der Waals surface area contributed by atoms with Crippen molar-refractivity contribution in [2.24, 2.45) is 5.10 Å². The van der Waals surface area contributed by atoms with Gasteiger partial charge in [-0.25, -0.2) is 5.01 Å². The Labute approximate surface area is 162 Å². The van der Waals surface area contributed by atoms with Crippen LogP contribution in [0.25, 0.3) is 0 Å². The van der Waals surface area contributed by atoms with Crippen LogP contribution in [0.4, 0.5) is 5.69 Å². The van der Waals surface area contributed by atoms with E-state index in [1.54, 1.807) is 55.6 Å². The van der Waals surface area contributed by atoms with Crippen LogP contribution in [-0.4, -0.2) is 36.1 Å². The lowest BCUT2D eigenvalue weighted by atomic mass is 10.0. The smallest absolute Gasteiger partial charge is 0.248 e. The topological polar surface area (TPSA) is 76.8 Å². The minimum absolute atomic E-state index is 0.141. The number of anilines is 1. The van der Waals surface area contributed by atoms with E-state index in [2.05, 4.69) is 11.2 Å². The van der Waals surface area contributed by atoms with Gasteiger partial charge in [0.25, 0.3) is 0 Å². The average molecular weight is 381 g/mol. The van der Waals surface area contributed by atoms with Crippen molar-refractivity contribution in [1.82, 2.24) is 5.01 Å². The minimum Gasteiger partial charge on any atom is -0.314 e. The second kappa shape index (κ2) is 8.02. The molecule has 7 heteroatoms. The molecule has 3 rings (SSSR count). The molecule has 0 spiro atoms. The summed E-state index contributed by atoms with van der Waals surface area (Å²) < 4.78 is 0. The molecule has 0 saturated heterocycles. The summed E-state index contributed by atoms with van der Waals surface area (Å²) in [6.07, 6.45) is 0.791. The predicted octanol–water partition coefficient (Wildman–Crippen LogP) is 3.20. The molecule has 0 aliphatic carbocycles. The summed E-state index contributed by atoms with van der Waals surface area (Å²) in [5.74, 6) is -0.444. The van der Waals surface area contributed by atoms with Crippen molar-refractivity contribution in [1.29, 1.82) is 5.26 Å². The first kappa shape index (κ1) is 18.6. The fourth-order valence-electron chi connectivity index (χ4n) is 2.71. The molecule has 27 heavy (non-hydrogen) atoms. The van der Waals surface area contributed by atoms with Crippen molar-refractivity contribution >= 4 is 34.8 Å². The van der Waals surface area contributed by atoms with Gasteiger partial charge in [-0.2, -0.15) is 10.4 Å². The normalized spacial score (nSPS) is 13.7. The van der Waals surface area contributed by atoms with Crippen LogP contribution in [0.15, 0.2) is 53.6 Å². The highest BCUT2D eigenvalue weighted by Gasteiger charge is 2.25. The summed E-state index contributed by atoms with van der Waals surface area (Å²) in [5.41, 5.74) is 2.80. The summed E-state index contributed by atoms with van der Waals surface area (Å²) in [6, 6.07) is 16.0. The first-order valence-electron chi connectivity index (χ1n) is 8.38. The van der Waals surface area contributed by atoms with Gasteiger partial charge in [-0.05, 0) is 42.0 Å². The van der Waals surface area contributed by atoms with Crippen molar-refractivity contribution in [2.45, 2.75) is 12.8 Å². The highest BCUT2D eigenvalue weighted by Crippen LogP contribution is 2.19. The molecule has 1 heterocycles. The molecule has 0 unspecified atom stereocenters. The van der Waals surface area contributed by atoms with E-state index in [1.807, 2.05) is 0 Å². The number of amides is 2. The lowest BCUT2D eigenvalue weighted by Gasteiger charge is -2.25. The van der Waals surface area contributed by atoms with Crippen LogP contribution in [-0.2, 0) is 9.59 Å². The molecule has 0 fully saturated rings. The zero-order valence-electron chi connectivity index (χ0n) is 14.7. The molecule has 6 nitrogen and oxygen atoms in total. The number of nitriles is 1. The fraction of sp³-hybridized carbons (Fsp3) is 0.200. The van der Waals surface area contributed by atoms with Crippen LogP contribution < -0.4 is 4.90 Å². The fourth-order valence-corrected chi connectivity index (χ4v) is 2.84. The number of likely N-dealkylation sites (N-methyl/N-ethyl adjacent to an activating group) is 1. The Morgan fingerprint density at radius 2 is 1.85 bits per heavy atom. The number of carbonyl (C=O) groups excluding carboxylic acids is 2. The van der Waals surface area contributed by atoms with Crippen molar-refractivity contribution in [2.75, 3.05) is 18.5 Å². The highest BCUT2D eigenvalue weighted by molar-refractivity contribution is 6.30. The van der Waals surface area contributed by atoms with E-state index in [1.165, 1.54) is 9.91 Å². The van der Waals surface area contributed by atoms with Gasteiger partial charge in [0.05, 0.1) is 17.3 Å². The molecule has 2 aromatic rings. The first-order valence-corrected chi connectivity index (χ1v) is 8.76. The van der Waals surface area contributed by atoms with Crippen molar-refractivity contribution < 1.29 is 9.59 Å². The summed E-state index contributed by atoms with van der Waals surface area (Å²) >= 11 is 5.87. The standard InChI is InChI=1S/C20H17ClN4O2/c1-24(17-8-6-16(21)7-9-17)20(27)13-25-19(26)11-10-18(23-25)15-4-2-14(12-22)3-5-15/h2-9H,10-11,13H2,1H3. The van der Waals surface area contributed by atoms with E-state index in [-0.39, 0.29) is 24.8 Å². The maximum absolute atomic E-state index is 12.6. The van der Waals surface area contributed by atoms with Gasteiger partial charge in [0, 0.05) is 30.6 Å². The van der Waals surface area contributed by atoms with E-state index in [4.69, 9.17) is 16.9 Å². The average Bonchev–Trinajstić information content (AvgIpc) is 2.69. The maximum Gasteiger partial charge on any atom is 0.248 e. The molecule has 0 saturated carbocycles. The third-order valence-electron chi connectivity index (χ3n) is 4.33. The zero-order valence-corrected chi connectivity index (χ0v) is 15.5. The Kier molecular flexibility index (Phi) is 5.53. The molecular formula is C20H17ClN4O2. The number of rotatable bonds is 4. The Bertz CT molecular complexity index is 930. The van der Waals surface area contributed by atoms with Gasteiger partial charge < -0.3 is 4.90 Å². The second-order valence-electron chi connectivity index (χ2n) is 6.12. The van der Waals surface area contributed by atoms with Crippen molar-refractivity contribution in [3.63, 3.8) is 0 Å². The number of halogens is 1. The SMILES string of the molecule is CN(C(=O)CN1N=C(c2ccc(C#N)cc2)CCC1=O)c1ccc(Cl)cc1. The monoisotopic (exact) mass is 380 g/mol. The summed E-state index contributed by atoms with van der Waals surface area (Å²) in [4.78, 5) is 26.2. The lowest BCUT2D eigenvalue weighted by Crippen LogP contribution is -2.41. The lowest BCUT2D eigenvalue weighted by molar-refractivity contribution is -0.135. The molecule has 0 radical (unpaired) electrons. The molecule has 1 aliphatic rings. The third kappa shape index (κ3) is 4.33. The van der Waals surface area contributed by atoms with Gasteiger partial charge >= 0.3 is 0 Å². The number of carbonyl (C=O) groups is 2. The Balaban J connectivity index is 1.75. The molecule has 0 N–H and O–H groups in total. The van der Waals surface area contributed by atoms with Gasteiger partial charge in [-0.15, -0.1) is 0 Å². The van der Waals surface area contributed by atoms with Gasteiger partial charge in [0.2, 0.25) is 11.8 Å². The molecule has 1 aliphatic heterocycles. The molecule has 2 aromatic carbocycles. The van der Waals surface area contributed by atoms with Crippen molar-refractivity contribution in [3.8, 4) is 6.07 Å². The highest BCUT2D eigenvalue weighted by atomic mass is 35.5. The van der Waals surface area contributed by atoms with Crippen LogP contribution in [0.1, 0.15) is 24.0 Å². The molecular weight excluding hydrogens is 364 g/mol. The van der Waals surface area contributed by atoms with Crippen LogP contribution >= 0.6 is 11.6 Å². The molecule has 0 bridgehead atoms. The van der Waals surface area contributed by atoms with Crippen LogP contribution in [0.2, 0.25) is 5.02 Å². The molecule has 0 aromatic heterocycles. The van der Waals surface area contributed by atoms with E-state index in [0.717, 1.165) is 11.3 Å². The number of hydrogen-bond donors (Lipinski definition) is 0. The summed E-state index contributed by atoms with van der Waals surface area (Å²) in [5, 5.41) is 15.1. The summed E-state index contributed by atoms with van der Waals surface area (Å²) in [6.45, 7) is -0.141. The Morgan fingerprint density at radius 3 is 2.48 bits per heavy atom. The first-order chi connectivity index (χ1) is 13.0. The Hall–Kier alpha value is -3.17. The van der Waals surface area contributed by atoms with Gasteiger partial charge in [-0.1, -0.05) is 23.7 Å². The van der Waals surface area contributed by atoms with Crippen LogP contribution in [0.5, 0.6) is 0 Å². The quantitative estimate of drug-likeness (QED) is 0.817. The number of hydrazone groups is 1. The predicted molar refractivity (Wildman–Crippen MR) is 104 cm³/mol. The minimum atomic E-state index is -0.254. The van der Waals surface area contributed by atoms with E-state index in [0.29, 0.717) is 22.7 Å². The molecule has 0 atom stereocenters. The summed E-state index contributed by atoms with van der Waals surface area (Å²) in [7, 11) is 1.64. The van der Waals surface area contributed by atoms with Crippen LogP contribution in [0.3, 0.4) is 0 Å². The van der Waals surface area contributed by atoms with Gasteiger partial charge in [0.15, 0.2) is 0 Å². The zero-order chi connectivity index (χ0) is 19.4. The largest absolute Gasteiger partial charge is 0.314 e. The van der Waals surface area contributed by atoms with Gasteiger partial charge in [-0.3, -0.25) is 9.59 Å². The number of hydrogen-bond acceptors (Lipinski definition) is 4. The van der Waals surface area contributed by atoms with E-state index in [9.17, 15) is 9.59 Å². The maximum atomic E-state index is 12.6. The number of nitrogens with zero attached hydrogens (tertiary/aromatic N) is 4. The molecule has 2 amide bonds. The number of benzene rings is 2. The molecule has 136 valence electrons. The Morgan fingerprint density at radius 1 is 1.19 bits per heavy atom. The van der Waals surface area contributed by atoms with Crippen LogP contribution in [0, 0.1) is 11.3 Å². The van der Waals surface area contributed by atoms with Gasteiger partial charge in [0.1, 0.15) is 6.54 Å².